The summed E-state index contributed by atoms with van der Waals surface area (Å²) in [4.78, 5) is 32.5. The van der Waals surface area contributed by atoms with Crippen LogP contribution in [-0.4, -0.2) is 92.1 Å². The Morgan fingerprint density at radius 3 is 2.23 bits per heavy atom. The van der Waals surface area contributed by atoms with Crippen LogP contribution < -0.4 is 29.5 Å². The van der Waals surface area contributed by atoms with Crippen molar-refractivity contribution in [1.82, 2.24) is 24.7 Å². The number of ether oxygens (including phenoxy) is 3. The van der Waals surface area contributed by atoms with Crippen molar-refractivity contribution in [3.8, 4) is 22.8 Å². The Balaban J connectivity index is 1.07. The molecule has 2 aliphatic rings. The van der Waals surface area contributed by atoms with Crippen molar-refractivity contribution in [1.29, 1.82) is 0 Å². The maximum Gasteiger partial charge on any atom is 0.407 e. The third-order valence-corrected chi connectivity index (χ3v) is 8.33. The van der Waals surface area contributed by atoms with Gasteiger partial charge in [0.15, 0.2) is 0 Å². The molecule has 5 heterocycles. The molecule has 6 rings (SSSR count). The van der Waals surface area contributed by atoms with Crippen LogP contribution >= 0.6 is 11.6 Å². The van der Waals surface area contributed by atoms with Gasteiger partial charge in [0.25, 0.3) is 0 Å². The molecule has 2 aliphatic heterocycles. The predicted octanol–water partition coefficient (Wildman–Crippen LogP) is 4.11. The molecule has 0 aliphatic carbocycles. The fourth-order valence-electron chi connectivity index (χ4n) is 5.61. The fourth-order valence-corrected chi connectivity index (χ4v) is 5.85. The Kier molecular flexibility index (Phi) is 8.28. The van der Waals surface area contributed by atoms with Crippen molar-refractivity contribution in [3.05, 3.63) is 54.1 Å². The van der Waals surface area contributed by atoms with E-state index in [1.165, 1.54) is 0 Å². The van der Waals surface area contributed by atoms with Crippen LogP contribution in [-0.2, 0) is 4.74 Å². The minimum absolute atomic E-state index is 0.0703. The van der Waals surface area contributed by atoms with Crippen molar-refractivity contribution in [2.75, 3.05) is 75.2 Å². The molecule has 0 bridgehead atoms. The number of alkyl carbamates (subject to hydrolysis) is 1. The van der Waals surface area contributed by atoms with Gasteiger partial charge < -0.3 is 38.6 Å². The van der Waals surface area contributed by atoms with Gasteiger partial charge in [0, 0.05) is 94.9 Å². The number of anilines is 3. The molecular weight excluding hydrogens is 572 g/mol. The van der Waals surface area contributed by atoms with E-state index in [1.807, 2.05) is 35.3 Å². The van der Waals surface area contributed by atoms with E-state index in [-0.39, 0.29) is 12.2 Å². The Hall–Kier alpha value is -4.45. The largest absolute Gasteiger partial charge is 0.496 e. The molecule has 2 fully saturated rings. The van der Waals surface area contributed by atoms with E-state index in [0.717, 1.165) is 80.4 Å². The molecule has 0 saturated carbocycles. The number of nitrogens with one attached hydrogen (secondary N) is 1. The number of benzene rings is 1. The standard InChI is InChI=1S/C30H35ClN8O4/c1-32-30(40)43-22-5-8-38(9-6-22)29-33-17-21(18-34-29)37-12-10-36(11-13-37)20-4-7-39-19-25(35-28(39)14-20)23-15-24(31)27(42-3)16-26(23)41-2/h4,7,14-19,22H,5-6,8-13H2,1-3H3,(H,32,40). The average molecular weight is 607 g/mol. The molecule has 1 aromatic carbocycles. The summed E-state index contributed by atoms with van der Waals surface area (Å²) in [6.45, 7) is 4.96. The molecule has 12 nitrogen and oxygen atoms in total. The first-order valence-electron chi connectivity index (χ1n) is 14.3. The highest BCUT2D eigenvalue weighted by Crippen LogP contribution is 2.38. The molecule has 0 atom stereocenters. The van der Waals surface area contributed by atoms with Crippen LogP contribution in [0.2, 0.25) is 5.02 Å². The smallest absolute Gasteiger partial charge is 0.407 e. The summed E-state index contributed by atoms with van der Waals surface area (Å²) in [6.07, 6.45) is 8.89. The lowest BCUT2D eigenvalue weighted by Gasteiger charge is -2.37. The third kappa shape index (κ3) is 6.05. The highest BCUT2D eigenvalue weighted by atomic mass is 35.5. The Morgan fingerprint density at radius 1 is 0.907 bits per heavy atom. The molecular formula is C30H35ClN8O4. The normalized spacial score (nSPS) is 16.0. The van der Waals surface area contributed by atoms with Crippen LogP contribution in [0, 0.1) is 0 Å². The van der Waals surface area contributed by atoms with Gasteiger partial charge in [-0.15, -0.1) is 0 Å². The molecule has 4 aromatic rings. The van der Waals surface area contributed by atoms with E-state index >= 15 is 0 Å². The molecule has 2 saturated heterocycles. The molecule has 0 spiro atoms. The van der Waals surface area contributed by atoms with Gasteiger partial charge in [-0.1, -0.05) is 11.6 Å². The minimum Gasteiger partial charge on any atom is -0.496 e. The van der Waals surface area contributed by atoms with E-state index < -0.39 is 0 Å². The SMILES string of the molecule is CNC(=O)OC1CCN(c2ncc(N3CCN(c4ccn5cc(-c6cc(Cl)c(OC)cc6OC)nc5c4)CC3)cn2)CC1. The number of hydrogen-bond acceptors (Lipinski definition) is 10. The molecule has 226 valence electrons. The number of hydrogen-bond donors (Lipinski definition) is 1. The highest BCUT2D eigenvalue weighted by molar-refractivity contribution is 6.32. The van der Waals surface area contributed by atoms with E-state index in [2.05, 4.69) is 42.1 Å². The molecule has 43 heavy (non-hydrogen) atoms. The number of piperidine rings is 1. The summed E-state index contributed by atoms with van der Waals surface area (Å²) >= 11 is 6.40. The van der Waals surface area contributed by atoms with Crippen LogP contribution in [0.5, 0.6) is 11.5 Å². The van der Waals surface area contributed by atoms with Crippen LogP contribution in [0.3, 0.4) is 0 Å². The van der Waals surface area contributed by atoms with Gasteiger partial charge in [-0.25, -0.2) is 19.7 Å². The summed E-state index contributed by atoms with van der Waals surface area (Å²) in [5.74, 6) is 1.92. The van der Waals surface area contributed by atoms with Crippen molar-refractivity contribution >= 4 is 40.7 Å². The lowest BCUT2D eigenvalue weighted by molar-refractivity contribution is 0.0847. The number of aromatic nitrogens is 4. The van der Waals surface area contributed by atoms with Gasteiger partial charge in [-0.3, -0.25) is 0 Å². The van der Waals surface area contributed by atoms with Crippen molar-refractivity contribution in [2.45, 2.75) is 18.9 Å². The first-order chi connectivity index (χ1) is 20.9. The highest BCUT2D eigenvalue weighted by Gasteiger charge is 2.24. The maximum absolute atomic E-state index is 11.5. The Bertz CT molecular complexity index is 1580. The predicted molar refractivity (Wildman–Crippen MR) is 166 cm³/mol. The minimum atomic E-state index is -0.383. The monoisotopic (exact) mass is 606 g/mol. The number of nitrogens with zero attached hydrogens (tertiary/aromatic N) is 7. The van der Waals surface area contributed by atoms with Gasteiger partial charge >= 0.3 is 6.09 Å². The number of pyridine rings is 1. The summed E-state index contributed by atoms with van der Waals surface area (Å²) < 4.78 is 18.3. The second kappa shape index (κ2) is 12.4. The third-order valence-electron chi connectivity index (χ3n) is 8.03. The average Bonchev–Trinajstić information content (AvgIpc) is 3.48. The quantitative estimate of drug-likeness (QED) is 0.330. The number of amides is 1. The maximum atomic E-state index is 11.5. The number of halogens is 1. The van der Waals surface area contributed by atoms with Crippen molar-refractivity contribution < 1.29 is 19.0 Å². The molecule has 1 amide bonds. The molecule has 1 N–H and O–H groups in total. The Labute approximate surface area is 255 Å². The zero-order chi connectivity index (χ0) is 29.9. The summed E-state index contributed by atoms with van der Waals surface area (Å²) in [5.41, 5.74) is 4.56. The summed E-state index contributed by atoms with van der Waals surface area (Å²) in [7, 11) is 4.77. The van der Waals surface area contributed by atoms with E-state index in [9.17, 15) is 4.79 Å². The summed E-state index contributed by atoms with van der Waals surface area (Å²) in [6, 6.07) is 7.83. The number of methoxy groups -OCH3 is 2. The topological polar surface area (TPSA) is 110 Å². The number of rotatable bonds is 7. The van der Waals surface area contributed by atoms with Gasteiger partial charge in [0.05, 0.1) is 43.0 Å². The zero-order valence-corrected chi connectivity index (χ0v) is 25.3. The molecule has 0 unspecified atom stereocenters. The van der Waals surface area contributed by atoms with Gasteiger partial charge in [-0.05, 0) is 12.1 Å². The number of imidazole rings is 1. The zero-order valence-electron chi connectivity index (χ0n) is 24.5. The number of carbonyl (C=O) groups excluding carboxylic acids is 1. The van der Waals surface area contributed by atoms with Crippen LogP contribution in [0.1, 0.15) is 12.8 Å². The van der Waals surface area contributed by atoms with Crippen LogP contribution in [0.25, 0.3) is 16.9 Å². The number of carbonyl (C=O) groups is 1. The van der Waals surface area contributed by atoms with Gasteiger partial charge in [0.2, 0.25) is 5.95 Å². The van der Waals surface area contributed by atoms with E-state index in [1.54, 1.807) is 27.3 Å². The lowest BCUT2D eigenvalue weighted by atomic mass is 10.1. The van der Waals surface area contributed by atoms with Crippen LogP contribution in [0.4, 0.5) is 22.1 Å². The Morgan fingerprint density at radius 2 is 1.58 bits per heavy atom. The lowest BCUT2D eigenvalue weighted by Crippen LogP contribution is -2.46. The molecule has 3 aromatic heterocycles. The number of piperazine rings is 1. The number of fused-ring (bicyclic) bond motifs is 1. The second-order valence-electron chi connectivity index (χ2n) is 10.5. The molecule has 13 heteroatoms. The second-order valence-corrected chi connectivity index (χ2v) is 10.9. The first-order valence-corrected chi connectivity index (χ1v) is 14.7. The van der Waals surface area contributed by atoms with Gasteiger partial charge in [0.1, 0.15) is 23.3 Å². The van der Waals surface area contributed by atoms with Gasteiger partial charge in [-0.2, -0.15) is 0 Å². The molecule has 0 radical (unpaired) electrons. The van der Waals surface area contributed by atoms with E-state index in [4.69, 9.17) is 30.8 Å². The van der Waals surface area contributed by atoms with Crippen LogP contribution in [0.15, 0.2) is 49.1 Å². The first kappa shape index (κ1) is 28.7. The fraction of sp³-hybridized carbons (Fsp3) is 0.400. The van der Waals surface area contributed by atoms with Crippen molar-refractivity contribution in [2.24, 2.45) is 0 Å². The van der Waals surface area contributed by atoms with E-state index in [0.29, 0.717) is 22.5 Å². The summed E-state index contributed by atoms with van der Waals surface area (Å²) in [5, 5.41) is 3.01. The van der Waals surface area contributed by atoms with Crippen molar-refractivity contribution in [3.63, 3.8) is 0 Å².